The van der Waals surface area contributed by atoms with Crippen molar-refractivity contribution in [3.05, 3.63) is 46.2 Å². The topological polar surface area (TPSA) is 110 Å². The van der Waals surface area contributed by atoms with Crippen molar-refractivity contribution < 1.29 is 14.2 Å². The average molecular weight is 304 g/mol. The highest BCUT2D eigenvalue weighted by molar-refractivity contribution is 6.00. The lowest BCUT2D eigenvalue weighted by atomic mass is 9.93. The number of nitrogens with one attached hydrogen (secondary N) is 2. The maximum absolute atomic E-state index is 11.9. The molecule has 8 heteroatoms. The van der Waals surface area contributed by atoms with Gasteiger partial charge in [-0.1, -0.05) is 38.1 Å². The molecule has 0 saturated carbocycles. The van der Waals surface area contributed by atoms with Gasteiger partial charge in [0.15, 0.2) is 5.82 Å². The van der Waals surface area contributed by atoms with Crippen LogP contribution in [0.25, 0.3) is 0 Å². The third-order valence-electron chi connectivity index (χ3n) is 2.84. The predicted molar refractivity (Wildman–Crippen MR) is 80.9 cm³/mol. The number of aromatic nitrogens is 1. The normalized spacial score (nSPS) is 11.0. The third-order valence-corrected chi connectivity index (χ3v) is 2.84. The van der Waals surface area contributed by atoms with Crippen LogP contribution in [-0.4, -0.2) is 16.1 Å². The first-order valence-electron chi connectivity index (χ1n) is 6.56. The number of carbonyl (C=O) groups excluding carboxylic acids is 1. The van der Waals surface area contributed by atoms with Crippen molar-refractivity contribution in [3.63, 3.8) is 0 Å². The summed E-state index contributed by atoms with van der Waals surface area (Å²) < 4.78 is 5.14. The van der Waals surface area contributed by atoms with E-state index < -0.39 is 11.0 Å². The van der Waals surface area contributed by atoms with Crippen LogP contribution in [0.2, 0.25) is 0 Å². The van der Waals surface area contributed by atoms with Gasteiger partial charge in [0.2, 0.25) is 0 Å². The first-order valence-corrected chi connectivity index (χ1v) is 6.56. The van der Waals surface area contributed by atoms with Gasteiger partial charge in [-0.15, -0.1) is 0 Å². The van der Waals surface area contributed by atoms with E-state index in [2.05, 4.69) is 15.8 Å². The summed E-state index contributed by atoms with van der Waals surface area (Å²) in [5.41, 5.74) is -0.320. The van der Waals surface area contributed by atoms with E-state index in [9.17, 15) is 14.9 Å². The number of urea groups is 1. The Bertz CT molecular complexity index is 703. The smallest absolute Gasteiger partial charge is 0.325 e. The summed E-state index contributed by atoms with van der Waals surface area (Å²) >= 11 is 0. The van der Waals surface area contributed by atoms with Crippen molar-refractivity contribution in [3.8, 4) is 0 Å². The molecule has 0 saturated heterocycles. The number of nitro groups is 1. The molecule has 8 nitrogen and oxygen atoms in total. The summed E-state index contributed by atoms with van der Waals surface area (Å²) in [5, 5.41) is 19.5. The zero-order valence-corrected chi connectivity index (χ0v) is 12.4. The Balaban J connectivity index is 2.08. The second-order valence-electron chi connectivity index (χ2n) is 5.68. The zero-order chi connectivity index (χ0) is 16.3. The molecular weight excluding hydrogens is 288 g/mol. The standard InChI is InChI=1S/C14H16N4O4/c1-14(2,3)11-8-12(17-22-11)16-13(19)15-9-6-4-5-7-10(9)18(20)21/h4-8H,1-3H3,(H2,15,16,17,19). The minimum absolute atomic E-state index is 0.101. The molecule has 0 aliphatic rings. The molecule has 0 atom stereocenters. The Morgan fingerprint density at radius 3 is 2.55 bits per heavy atom. The van der Waals surface area contributed by atoms with E-state index in [0.29, 0.717) is 5.76 Å². The molecule has 0 unspecified atom stereocenters. The molecule has 1 aromatic carbocycles. The molecule has 2 aromatic rings. The number of hydrogen-bond donors (Lipinski definition) is 2. The summed E-state index contributed by atoms with van der Waals surface area (Å²) in [7, 11) is 0. The summed E-state index contributed by atoms with van der Waals surface area (Å²) in [5.74, 6) is 0.856. The lowest BCUT2D eigenvalue weighted by molar-refractivity contribution is -0.383. The molecule has 2 N–H and O–H groups in total. The van der Waals surface area contributed by atoms with Gasteiger partial charge in [0.25, 0.3) is 5.69 Å². The zero-order valence-electron chi connectivity index (χ0n) is 12.4. The highest BCUT2D eigenvalue weighted by Gasteiger charge is 2.21. The van der Waals surface area contributed by atoms with Crippen LogP contribution in [0.1, 0.15) is 26.5 Å². The first-order chi connectivity index (χ1) is 10.3. The molecule has 0 radical (unpaired) electrons. The largest absolute Gasteiger partial charge is 0.359 e. The van der Waals surface area contributed by atoms with E-state index in [-0.39, 0.29) is 22.6 Å². The fraction of sp³-hybridized carbons (Fsp3) is 0.286. The predicted octanol–water partition coefficient (Wildman–Crippen LogP) is 3.52. The highest BCUT2D eigenvalue weighted by Crippen LogP contribution is 2.25. The van der Waals surface area contributed by atoms with Crippen molar-refractivity contribution in [2.75, 3.05) is 10.6 Å². The Labute approximate surface area is 126 Å². The van der Waals surface area contributed by atoms with Crippen molar-refractivity contribution in [2.24, 2.45) is 0 Å². The molecule has 0 spiro atoms. The van der Waals surface area contributed by atoms with Crippen molar-refractivity contribution in [1.29, 1.82) is 0 Å². The number of carbonyl (C=O) groups is 1. The second kappa shape index (κ2) is 5.84. The van der Waals surface area contributed by atoms with Gasteiger partial charge in [-0.3, -0.25) is 15.4 Å². The summed E-state index contributed by atoms with van der Waals surface area (Å²) in [6, 6.07) is 6.84. The fourth-order valence-corrected chi connectivity index (χ4v) is 1.70. The van der Waals surface area contributed by atoms with Crippen molar-refractivity contribution in [2.45, 2.75) is 26.2 Å². The summed E-state index contributed by atoms with van der Waals surface area (Å²) in [4.78, 5) is 22.2. The maximum atomic E-state index is 11.9. The molecule has 1 aromatic heterocycles. The van der Waals surface area contributed by atoms with Gasteiger partial charge in [-0.25, -0.2) is 4.79 Å². The van der Waals surface area contributed by atoms with E-state index in [1.165, 1.54) is 18.2 Å². The Morgan fingerprint density at radius 2 is 1.95 bits per heavy atom. The van der Waals surface area contributed by atoms with Crippen LogP contribution in [0.3, 0.4) is 0 Å². The Hall–Kier alpha value is -2.90. The molecule has 0 bridgehead atoms. The number of amides is 2. The molecular formula is C14H16N4O4. The number of para-hydroxylation sites is 2. The van der Waals surface area contributed by atoms with E-state index >= 15 is 0 Å². The first kappa shape index (κ1) is 15.5. The molecule has 0 aliphatic heterocycles. The average Bonchev–Trinajstić information content (AvgIpc) is 2.87. The highest BCUT2D eigenvalue weighted by atomic mass is 16.6. The lowest BCUT2D eigenvalue weighted by Crippen LogP contribution is -2.20. The number of rotatable bonds is 3. The van der Waals surface area contributed by atoms with Crippen LogP contribution in [0.5, 0.6) is 0 Å². The van der Waals surface area contributed by atoms with Gasteiger partial charge >= 0.3 is 6.03 Å². The van der Waals surface area contributed by atoms with Gasteiger partial charge in [0, 0.05) is 17.5 Å². The van der Waals surface area contributed by atoms with Gasteiger partial charge in [0.05, 0.1) is 4.92 Å². The quantitative estimate of drug-likeness (QED) is 0.665. The molecule has 22 heavy (non-hydrogen) atoms. The van der Waals surface area contributed by atoms with Crippen LogP contribution in [0.4, 0.5) is 22.0 Å². The van der Waals surface area contributed by atoms with Gasteiger partial charge < -0.3 is 9.84 Å². The number of nitrogens with zero attached hydrogens (tertiary/aromatic N) is 2. The van der Waals surface area contributed by atoms with Gasteiger partial charge in [-0.05, 0) is 6.07 Å². The van der Waals surface area contributed by atoms with E-state index in [1.54, 1.807) is 12.1 Å². The summed E-state index contributed by atoms with van der Waals surface area (Å²) in [6.07, 6.45) is 0. The number of hydrogen-bond acceptors (Lipinski definition) is 5. The minimum Gasteiger partial charge on any atom is -0.359 e. The molecule has 0 aliphatic carbocycles. The monoisotopic (exact) mass is 304 g/mol. The Morgan fingerprint density at radius 1 is 1.27 bits per heavy atom. The summed E-state index contributed by atoms with van der Waals surface area (Å²) in [6.45, 7) is 5.85. The maximum Gasteiger partial charge on any atom is 0.325 e. The Kier molecular flexibility index (Phi) is 4.11. The van der Waals surface area contributed by atoms with Crippen LogP contribution < -0.4 is 10.6 Å². The fourth-order valence-electron chi connectivity index (χ4n) is 1.70. The number of benzene rings is 1. The van der Waals surface area contributed by atoms with Crippen LogP contribution >= 0.6 is 0 Å². The molecule has 2 amide bonds. The third kappa shape index (κ3) is 3.60. The molecule has 116 valence electrons. The van der Waals surface area contributed by atoms with Crippen LogP contribution in [0.15, 0.2) is 34.9 Å². The van der Waals surface area contributed by atoms with E-state index in [1.807, 2.05) is 20.8 Å². The van der Waals surface area contributed by atoms with E-state index in [4.69, 9.17) is 4.52 Å². The van der Waals surface area contributed by atoms with E-state index in [0.717, 1.165) is 0 Å². The number of nitro benzene ring substituents is 1. The van der Waals surface area contributed by atoms with Gasteiger partial charge in [0.1, 0.15) is 11.4 Å². The molecule has 1 heterocycles. The van der Waals surface area contributed by atoms with Crippen molar-refractivity contribution in [1.82, 2.24) is 5.16 Å². The lowest BCUT2D eigenvalue weighted by Gasteiger charge is -2.12. The molecule has 0 fully saturated rings. The van der Waals surface area contributed by atoms with Crippen LogP contribution in [0, 0.1) is 10.1 Å². The second-order valence-corrected chi connectivity index (χ2v) is 5.68. The molecule has 2 rings (SSSR count). The van der Waals surface area contributed by atoms with Crippen molar-refractivity contribution >= 4 is 23.2 Å². The van der Waals surface area contributed by atoms with Gasteiger partial charge in [-0.2, -0.15) is 0 Å². The minimum atomic E-state index is -0.636. The SMILES string of the molecule is CC(C)(C)c1cc(NC(=O)Nc2ccccc2[N+](=O)[O-])no1. The van der Waals surface area contributed by atoms with Crippen LogP contribution in [-0.2, 0) is 5.41 Å². The number of anilines is 2.